The molecule has 0 radical (unpaired) electrons. The summed E-state index contributed by atoms with van der Waals surface area (Å²) < 4.78 is 13.0. The predicted molar refractivity (Wildman–Crippen MR) is 74.7 cm³/mol. The fraction of sp³-hybridized carbons (Fsp3) is 0.571. The molecule has 100 valence electrons. The second-order valence-electron chi connectivity index (χ2n) is 5.19. The Balaban J connectivity index is 1.86. The van der Waals surface area contributed by atoms with Gasteiger partial charge in [-0.2, -0.15) is 0 Å². The zero-order valence-corrected chi connectivity index (χ0v) is 11.8. The highest BCUT2D eigenvalue weighted by Crippen LogP contribution is 2.38. The normalized spacial score (nSPS) is 18.2. The lowest BCUT2D eigenvalue weighted by Gasteiger charge is -2.26. The molecule has 2 rings (SSSR count). The molecule has 1 nitrogen and oxygen atoms in total. The topological polar surface area (TPSA) is 12.0 Å². The van der Waals surface area contributed by atoms with E-state index in [9.17, 15) is 4.39 Å². The largest absolute Gasteiger partial charge is 0.312 e. The van der Waals surface area contributed by atoms with Crippen molar-refractivity contribution in [3.63, 3.8) is 0 Å². The minimum Gasteiger partial charge on any atom is -0.312 e. The van der Waals surface area contributed by atoms with Crippen molar-refractivity contribution < 1.29 is 4.39 Å². The Hall–Kier alpha value is -0.310. The molecule has 1 N–H and O–H groups in total. The Kier molecular flexibility index (Phi) is 4.88. The predicted octanol–water partition coefficient (Wildman–Crippen LogP) is 4.37. The lowest BCUT2D eigenvalue weighted by atomic mass is 9.88. The van der Waals surface area contributed by atoms with Crippen LogP contribution in [0.5, 0.6) is 0 Å². The van der Waals surface area contributed by atoms with Crippen LogP contribution in [-0.2, 0) is 6.54 Å². The second kappa shape index (κ2) is 6.23. The highest BCUT2D eigenvalue weighted by atomic mass is 35.5. The first-order valence-electron chi connectivity index (χ1n) is 6.36. The van der Waals surface area contributed by atoms with Crippen molar-refractivity contribution in [2.45, 2.75) is 32.2 Å². The van der Waals surface area contributed by atoms with Gasteiger partial charge in [-0.05, 0) is 36.0 Å². The Morgan fingerprint density at radius 3 is 2.61 bits per heavy atom. The summed E-state index contributed by atoms with van der Waals surface area (Å²) in [5.41, 5.74) is 1.26. The molecule has 0 aliphatic heterocycles. The summed E-state index contributed by atoms with van der Waals surface area (Å²) in [5.74, 6) is 0.345. The summed E-state index contributed by atoms with van der Waals surface area (Å²) in [6.07, 6.45) is 4.95. The van der Waals surface area contributed by atoms with Gasteiger partial charge >= 0.3 is 0 Å². The fourth-order valence-electron chi connectivity index (χ4n) is 2.60. The van der Waals surface area contributed by atoms with Crippen LogP contribution in [0.25, 0.3) is 0 Å². The molecule has 0 spiro atoms. The highest BCUT2D eigenvalue weighted by Gasteiger charge is 2.32. The van der Waals surface area contributed by atoms with Gasteiger partial charge in [0, 0.05) is 19.0 Å². The van der Waals surface area contributed by atoms with Gasteiger partial charge in [-0.3, -0.25) is 0 Å². The van der Waals surface area contributed by atoms with Crippen molar-refractivity contribution in [3.05, 3.63) is 34.6 Å². The number of hydrogen-bond donors (Lipinski definition) is 1. The highest BCUT2D eigenvalue weighted by molar-refractivity contribution is 6.30. The molecule has 1 aliphatic rings. The maximum absolute atomic E-state index is 13.0. The van der Waals surface area contributed by atoms with Crippen LogP contribution < -0.4 is 5.32 Å². The van der Waals surface area contributed by atoms with Crippen molar-refractivity contribution in [2.24, 2.45) is 5.41 Å². The summed E-state index contributed by atoms with van der Waals surface area (Å²) in [7, 11) is 0. The van der Waals surface area contributed by atoms with Gasteiger partial charge in [0.2, 0.25) is 0 Å². The van der Waals surface area contributed by atoms with E-state index in [1.165, 1.54) is 31.7 Å². The van der Waals surface area contributed by atoms with Crippen molar-refractivity contribution in [3.8, 4) is 0 Å². The minimum absolute atomic E-state index is 0.183. The molecule has 0 unspecified atom stereocenters. The zero-order chi connectivity index (χ0) is 13.0. The fourth-order valence-corrected chi connectivity index (χ4v) is 3.17. The van der Waals surface area contributed by atoms with E-state index in [2.05, 4.69) is 5.32 Å². The van der Waals surface area contributed by atoms with Crippen LogP contribution in [0.4, 0.5) is 4.39 Å². The second-order valence-corrected chi connectivity index (χ2v) is 5.87. The molecular weight excluding hydrogens is 272 g/mol. The number of rotatable bonds is 5. The van der Waals surface area contributed by atoms with Crippen LogP contribution in [0.3, 0.4) is 0 Å². The molecule has 1 saturated carbocycles. The minimum atomic E-state index is -0.367. The van der Waals surface area contributed by atoms with Crippen LogP contribution in [0.2, 0.25) is 5.02 Å². The van der Waals surface area contributed by atoms with E-state index in [-0.39, 0.29) is 16.3 Å². The van der Waals surface area contributed by atoms with E-state index < -0.39 is 0 Å². The van der Waals surface area contributed by atoms with Gasteiger partial charge in [0.1, 0.15) is 5.82 Å². The lowest BCUT2D eigenvalue weighted by molar-refractivity contribution is 0.320. The number of alkyl halides is 1. The van der Waals surface area contributed by atoms with E-state index in [1.54, 1.807) is 12.1 Å². The van der Waals surface area contributed by atoms with Crippen molar-refractivity contribution >= 4 is 23.2 Å². The first kappa shape index (κ1) is 14.1. The molecule has 0 bridgehead atoms. The van der Waals surface area contributed by atoms with Crippen LogP contribution in [0, 0.1) is 11.2 Å². The third-order valence-corrected chi connectivity index (χ3v) is 4.62. The quantitative estimate of drug-likeness (QED) is 0.794. The first-order chi connectivity index (χ1) is 8.65. The van der Waals surface area contributed by atoms with Crippen LogP contribution in [0.15, 0.2) is 18.2 Å². The Labute approximate surface area is 118 Å². The summed E-state index contributed by atoms with van der Waals surface area (Å²) >= 11 is 11.8. The molecular formula is C14H18Cl2FN. The molecule has 1 fully saturated rings. The standard InChI is InChI=1S/C14H18Cl2FN/c15-9-14(5-1-2-6-14)10-18-8-11-3-4-13(17)12(16)7-11/h3-4,7,18H,1-2,5-6,8-10H2. The number of halogens is 3. The van der Waals surface area contributed by atoms with E-state index in [4.69, 9.17) is 23.2 Å². The Bertz CT molecular complexity index is 403. The molecule has 0 aromatic heterocycles. The molecule has 1 aliphatic carbocycles. The number of nitrogens with one attached hydrogen (secondary N) is 1. The third kappa shape index (κ3) is 3.37. The van der Waals surface area contributed by atoms with Gasteiger partial charge in [0.15, 0.2) is 0 Å². The molecule has 0 amide bonds. The van der Waals surface area contributed by atoms with E-state index in [1.807, 2.05) is 0 Å². The summed E-state index contributed by atoms with van der Waals surface area (Å²) in [6.45, 7) is 1.63. The average molecular weight is 290 g/mol. The Morgan fingerprint density at radius 1 is 1.28 bits per heavy atom. The molecule has 18 heavy (non-hydrogen) atoms. The van der Waals surface area contributed by atoms with Crippen LogP contribution >= 0.6 is 23.2 Å². The molecule has 1 aromatic carbocycles. The van der Waals surface area contributed by atoms with Crippen molar-refractivity contribution in [1.29, 1.82) is 0 Å². The van der Waals surface area contributed by atoms with Gasteiger partial charge in [-0.25, -0.2) is 4.39 Å². The SMILES string of the molecule is Fc1ccc(CNCC2(CCl)CCCC2)cc1Cl. The smallest absolute Gasteiger partial charge is 0.141 e. The van der Waals surface area contributed by atoms with Gasteiger partial charge in [-0.1, -0.05) is 30.5 Å². The van der Waals surface area contributed by atoms with E-state index in [0.29, 0.717) is 12.4 Å². The average Bonchev–Trinajstić information content (AvgIpc) is 2.83. The van der Waals surface area contributed by atoms with Crippen LogP contribution in [0.1, 0.15) is 31.2 Å². The number of benzene rings is 1. The third-order valence-electron chi connectivity index (χ3n) is 3.76. The summed E-state index contributed by atoms with van der Waals surface area (Å²) in [6, 6.07) is 4.84. The molecule has 4 heteroatoms. The summed E-state index contributed by atoms with van der Waals surface area (Å²) in [4.78, 5) is 0. The van der Waals surface area contributed by atoms with Gasteiger partial charge < -0.3 is 5.32 Å². The molecule has 1 aromatic rings. The molecule has 0 atom stereocenters. The first-order valence-corrected chi connectivity index (χ1v) is 7.27. The number of hydrogen-bond acceptors (Lipinski definition) is 1. The summed E-state index contributed by atoms with van der Waals surface area (Å²) in [5, 5.41) is 3.60. The van der Waals surface area contributed by atoms with Crippen molar-refractivity contribution in [2.75, 3.05) is 12.4 Å². The van der Waals surface area contributed by atoms with Crippen molar-refractivity contribution in [1.82, 2.24) is 5.32 Å². The zero-order valence-electron chi connectivity index (χ0n) is 10.3. The van der Waals surface area contributed by atoms with Crippen LogP contribution in [-0.4, -0.2) is 12.4 Å². The Morgan fingerprint density at radius 2 is 2.00 bits per heavy atom. The maximum Gasteiger partial charge on any atom is 0.141 e. The van der Waals surface area contributed by atoms with Gasteiger partial charge in [0.25, 0.3) is 0 Å². The molecule has 0 heterocycles. The van der Waals surface area contributed by atoms with E-state index in [0.717, 1.165) is 12.1 Å². The monoisotopic (exact) mass is 289 g/mol. The molecule has 0 saturated heterocycles. The van der Waals surface area contributed by atoms with Gasteiger partial charge in [0.05, 0.1) is 5.02 Å². The van der Waals surface area contributed by atoms with E-state index >= 15 is 0 Å². The van der Waals surface area contributed by atoms with Gasteiger partial charge in [-0.15, -0.1) is 11.6 Å². The maximum atomic E-state index is 13.0. The lowest BCUT2D eigenvalue weighted by Crippen LogP contribution is -2.33.